The molecule has 0 heterocycles. The minimum absolute atomic E-state index is 0.238. The molecular weight excluding hydrogens is 344 g/mol. The number of carbonyl (C=O) groups is 2. The highest BCUT2D eigenvalue weighted by molar-refractivity contribution is 5.99. The largest absolute Gasteiger partial charge is 0.493 e. The lowest BCUT2D eigenvalue weighted by molar-refractivity contribution is -0.144. The number of rotatable bonds is 8. The monoisotopic (exact) mass is 368 g/mol. The Kier molecular flexibility index (Phi) is 7.17. The fourth-order valence-corrected chi connectivity index (χ4v) is 2.54. The lowest BCUT2D eigenvalue weighted by Gasteiger charge is -2.11. The van der Waals surface area contributed by atoms with Gasteiger partial charge in [0.05, 0.1) is 7.11 Å². The molecule has 0 aliphatic heterocycles. The standard InChI is InChI=1S/C22H24O5/c1-5-6-17-9-10-20(21(12-17)25-4)26-14-22(24)27-13-19(23)18-11-15(2)7-8-16(18)3/h5-12H,13-14H2,1-4H3/b6-5+. The van der Waals surface area contributed by atoms with Crippen LogP contribution >= 0.6 is 0 Å². The molecule has 0 N–H and O–H groups in total. The van der Waals surface area contributed by atoms with Crippen LogP contribution in [0.3, 0.4) is 0 Å². The van der Waals surface area contributed by atoms with Crippen molar-refractivity contribution in [3.05, 3.63) is 64.7 Å². The molecule has 5 heteroatoms. The van der Waals surface area contributed by atoms with Crippen molar-refractivity contribution in [2.45, 2.75) is 20.8 Å². The lowest BCUT2D eigenvalue weighted by atomic mass is 10.0. The molecule has 0 amide bonds. The maximum absolute atomic E-state index is 12.3. The Morgan fingerprint density at radius 2 is 1.78 bits per heavy atom. The van der Waals surface area contributed by atoms with Gasteiger partial charge in [-0.05, 0) is 50.1 Å². The summed E-state index contributed by atoms with van der Waals surface area (Å²) < 4.78 is 15.8. The Morgan fingerprint density at radius 1 is 1.00 bits per heavy atom. The Labute approximate surface area is 159 Å². The van der Waals surface area contributed by atoms with Crippen LogP contribution in [0.1, 0.15) is 34.0 Å². The van der Waals surface area contributed by atoms with Crippen LogP contribution in [0, 0.1) is 13.8 Å². The van der Waals surface area contributed by atoms with E-state index in [1.54, 1.807) is 12.1 Å². The van der Waals surface area contributed by atoms with Crippen molar-refractivity contribution in [1.82, 2.24) is 0 Å². The van der Waals surface area contributed by atoms with Crippen molar-refractivity contribution < 1.29 is 23.8 Å². The van der Waals surface area contributed by atoms with Crippen molar-refractivity contribution in [2.24, 2.45) is 0 Å². The zero-order chi connectivity index (χ0) is 19.8. The van der Waals surface area contributed by atoms with E-state index in [9.17, 15) is 9.59 Å². The average molecular weight is 368 g/mol. The number of aryl methyl sites for hydroxylation is 2. The van der Waals surface area contributed by atoms with Gasteiger partial charge in [0.15, 0.2) is 24.7 Å². The molecule has 0 radical (unpaired) electrons. The van der Waals surface area contributed by atoms with Crippen LogP contribution in [-0.4, -0.2) is 32.1 Å². The summed E-state index contributed by atoms with van der Waals surface area (Å²) in [5.74, 6) is 0.0968. The van der Waals surface area contributed by atoms with Gasteiger partial charge in [-0.2, -0.15) is 0 Å². The molecule has 27 heavy (non-hydrogen) atoms. The number of hydrogen-bond donors (Lipinski definition) is 0. The number of esters is 1. The summed E-state index contributed by atoms with van der Waals surface area (Å²) >= 11 is 0. The highest BCUT2D eigenvalue weighted by Crippen LogP contribution is 2.28. The van der Waals surface area contributed by atoms with Crippen molar-refractivity contribution in [3.63, 3.8) is 0 Å². The zero-order valence-electron chi connectivity index (χ0n) is 16.1. The fourth-order valence-electron chi connectivity index (χ4n) is 2.54. The van der Waals surface area contributed by atoms with E-state index in [4.69, 9.17) is 14.2 Å². The predicted molar refractivity (Wildman–Crippen MR) is 104 cm³/mol. The van der Waals surface area contributed by atoms with E-state index in [1.165, 1.54) is 7.11 Å². The molecule has 0 unspecified atom stereocenters. The first-order valence-corrected chi connectivity index (χ1v) is 8.64. The van der Waals surface area contributed by atoms with Crippen LogP contribution in [-0.2, 0) is 9.53 Å². The van der Waals surface area contributed by atoms with Crippen LogP contribution < -0.4 is 9.47 Å². The van der Waals surface area contributed by atoms with Crippen LogP contribution in [0.15, 0.2) is 42.5 Å². The van der Waals surface area contributed by atoms with Crippen molar-refractivity contribution in [3.8, 4) is 11.5 Å². The number of carbonyl (C=O) groups excluding carboxylic acids is 2. The molecular formula is C22H24O5. The van der Waals surface area contributed by atoms with Crippen molar-refractivity contribution >= 4 is 17.8 Å². The van der Waals surface area contributed by atoms with E-state index in [1.807, 2.05) is 57.2 Å². The molecule has 0 aromatic heterocycles. The molecule has 142 valence electrons. The second-order valence-electron chi connectivity index (χ2n) is 6.10. The van der Waals surface area contributed by atoms with Gasteiger partial charge < -0.3 is 14.2 Å². The number of allylic oxidation sites excluding steroid dienone is 1. The van der Waals surface area contributed by atoms with Crippen molar-refractivity contribution in [2.75, 3.05) is 20.3 Å². The number of benzene rings is 2. The predicted octanol–water partition coefficient (Wildman–Crippen LogP) is 4.15. The van der Waals surface area contributed by atoms with Gasteiger partial charge in [0, 0.05) is 5.56 Å². The van der Waals surface area contributed by atoms with Gasteiger partial charge in [-0.1, -0.05) is 35.9 Å². The van der Waals surface area contributed by atoms with E-state index in [0.29, 0.717) is 17.1 Å². The molecule has 0 bridgehead atoms. The average Bonchev–Trinajstić information content (AvgIpc) is 2.67. The topological polar surface area (TPSA) is 61.8 Å². The number of ether oxygens (including phenoxy) is 3. The smallest absolute Gasteiger partial charge is 0.344 e. The Bertz CT molecular complexity index is 852. The summed E-state index contributed by atoms with van der Waals surface area (Å²) in [6.45, 7) is 5.06. The number of methoxy groups -OCH3 is 1. The molecule has 0 saturated heterocycles. The molecule has 0 aliphatic rings. The number of hydrogen-bond acceptors (Lipinski definition) is 5. The van der Waals surface area contributed by atoms with Crippen LogP contribution in [0.25, 0.3) is 6.08 Å². The first-order chi connectivity index (χ1) is 12.9. The maximum atomic E-state index is 12.3. The summed E-state index contributed by atoms with van der Waals surface area (Å²) in [7, 11) is 1.53. The van der Waals surface area contributed by atoms with Crippen LogP contribution in [0.2, 0.25) is 0 Å². The maximum Gasteiger partial charge on any atom is 0.344 e. The zero-order valence-corrected chi connectivity index (χ0v) is 16.1. The third-order valence-corrected chi connectivity index (χ3v) is 3.95. The molecule has 2 aromatic carbocycles. The quantitative estimate of drug-likeness (QED) is 0.517. The fraction of sp³-hybridized carbons (Fsp3) is 0.273. The highest BCUT2D eigenvalue weighted by atomic mass is 16.6. The lowest BCUT2D eigenvalue weighted by Crippen LogP contribution is -2.20. The molecule has 0 spiro atoms. The molecule has 0 atom stereocenters. The SMILES string of the molecule is C/C=C/c1ccc(OCC(=O)OCC(=O)c2cc(C)ccc2C)c(OC)c1. The summed E-state index contributed by atoms with van der Waals surface area (Å²) in [5, 5.41) is 0. The minimum atomic E-state index is -0.617. The van der Waals surface area contributed by atoms with Gasteiger partial charge in [-0.25, -0.2) is 4.79 Å². The third kappa shape index (κ3) is 5.71. The second-order valence-corrected chi connectivity index (χ2v) is 6.10. The number of Topliss-reactive ketones (excluding diaryl/α,β-unsaturated/α-hetero) is 1. The summed E-state index contributed by atoms with van der Waals surface area (Å²) in [4.78, 5) is 24.2. The van der Waals surface area contributed by atoms with Gasteiger partial charge in [-0.15, -0.1) is 0 Å². The summed E-state index contributed by atoms with van der Waals surface area (Å²) in [6.07, 6.45) is 3.85. The van der Waals surface area contributed by atoms with Crippen molar-refractivity contribution in [1.29, 1.82) is 0 Å². The molecule has 0 fully saturated rings. The van der Waals surface area contributed by atoms with E-state index in [0.717, 1.165) is 16.7 Å². The molecule has 0 aliphatic carbocycles. The van der Waals surface area contributed by atoms with E-state index in [-0.39, 0.29) is 19.0 Å². The second kappa shape index (κ2) is 9.57. The van der Waals surface area contributed by atoms with Gasteiger partial charge in [-0.3, -0.25) is 4.79 Å². The number of ketones is 1. The first kappa shape index (κ1) is 20.2. The Balaban J connectivity index is 1.91. The minimum Gasteiger partial charge on any atom is -0.493 e. The van der Waals surface area contributed by atoms with Gasteiger partial charge >= 0.3 is 5.97 Å². The summed E-state index contributed by atoms with van der Waals surface area (Å²) in [5.41, 5.74) is 3.35. The first-order valence-electron chi connectivity index (χ1n) is 8.64. The molecule has 2 rings (SSSR count). The highest BCUT2D eigenvalue weighted by Gasteiger charge is 2.14. The Hall–Kier alpha value is -3.08. The van der Waals surface area contributed by atoms with E-state index >= 15 is 0 Å². The molecule has 5 nitrogen and oxygen atoms in total. The summed E-state index contributed by atoms with van der Waals surface area (Å²) in [6, 6.07) is 11.0. The van der Waals surface area contributed by atoms with Gasteiger partial charge in [0.25, 0.3) is 0 Å². The molecule has 2 aromatic rings. The van der Waals surface area contributed by atoms with Gasteiger partial charge in [0.2, 0.25) is 5.78 Å². The Morgan fingerprint density at radius 3 is 2.48 bits per heavy atom. The third-order valence-electron chi connectivity index (χ3n) is 3.95. The van der Waals surface area contributed by atoms with Crippen LogP contribution in [0.4, 0.5) is 0 Å². The van der Waals surface area contributed by atoms with Crippen LogP contribution in [0.5, 0.6) is 11.5 Å². The van der Waals surface area contributed by atoms with E-state index < -0.39 is 5.97 Å². The normalized spacial score (nSPS) is 10.7. The van der Waals surface area contributed by atoms with E-state index in [2.05, 4.69) is 0 Å². The molecule has 0 saturated carbocycles. The van der Waals surface area contributed by atoms with Gasteiger partial charge in [0.1, 0.15) is 0 Å².